The van der Waals surface area contributed by atoms with Gasteiger partial charge in [0, 0.05) is 26.2 Å². The average molecular weight is 339 g/mol. The Bertz CT molecular complexity index is 418. The molecule has 3 rings (SSSR count). The fourth-order valence-electron chi connectivity index (χ4n) is 4.00. The van der Waals surface area contributed by atoms with Crippen LogP contribution in [0, 0.1) is 0 Å². The predicted octanol–water partition coefficient (Wildman–Crippen LogP) is 1.53. The second kappa shape index (κ2) is 8.50. The van der Waals surface area contributed by atoms with Crippen molar-refractivity contribution in [1.29, 1.82) is 0 Å². The molecule has 0 bridgehead atoms. The Kier molecular flexibility index (Phi) is 6.36. The number of nitrogens with zero attached hydrogens (tertiary/aromatic N) is 2. The Morgan fingerprint density at radius 1 is 1.17 bits per heavy atom. The molecule has 24 heavy (non-hydrogen) atoms. The molecule has 2 atom stereocenters. The molecular formula is C18H33N3O3. The van der Waals surface area contributed by atoms with Crippen LogP contribution < -0.4 is 5.32 Å². The second-order valence-corrected chi connectivity index (χ2v) is 7.36. The molecule has 2 N–H and O–H groups in total. The van der Waals surface area contributed by atoms with Gasteiger partial charge in [-0.25, -0.2) is 0 Å². The van der Waals surface area contributed by atoms with Gasteiger partial charge in [0.1, 0.15) is 6.10 Å². The average Bonchev–Trinajstić information content (AvgIpc) is 3.14. The topological polar surface area (TPSA) is 66.3 Å². The van der Waals surface area contributed by atoms with Gasteiger partial charge in [-0.15, -0.1) is 0 Å². The lowest BCUT2D eigenvalue weighted by Crippen LogP contribution is -2.53. The Balaban J connectivity index is 1.61. The van der Waals surface area contributed by atoms with E-state index < -0.39 is 5.60 Å². The van der Waals surface area contributed by atoms with Crippen molar-refractivity contribution in [1.82, 2.24) is 10.2 Å². The van der Waals surface area contributed by atoms with Gasteiger partial charge in [0.2, 0.25) is 0 Å². The lowest BCUT2D eigenvalue weighted by atomic mass is 9.85. The maximum atomic E-state index is 10.7. The minimum absolute atomic E-state index is 0.128. The molecule has 0 aromatic heterocycles. The number of aliphatic imine (C=N–C) groups is 1. The fraction of sp³-hybridized carbons (Fsp3) is 0.944. The minimum atomic E-state index is -0.612. The van der Waals surface area contributed by atoms with Crippen LogP contribution in [0.4, 0.5) is 0 Å². The van der Waals surface area contributed by atoms with Crippen LogP contribution in [0.5, 0.6) is 0 Å². The summed E-state index contributed by atoms with van der Waals surface area (Å²) in [5, 5.41) is 14.1. The first-order valence-electron chi connectivity index (χ1n) is 9.69. The van der Waals surface area contributed by atoms with Crippen molar-refractivity contribution >= 4 is 5.96 Å². The highest BCUT2D eigenvalue weighted by Crippen LogP contribution is 2.28. The third-order valence-corrected chi connectivity index (χ3v) is 5.41. The molecule has 0 spiro atoms. The SMILES string of the molecule is CCNC(=NCC1(O)CCCCC1)N1CCOC(C2CCCO2)C1. The second-order valence-electron chi connectivity index (χ2n) is 7.36. The maximum absolute atomic E-state index is 10.7. The van der Waals surface area contributed by atoms with Gasteiger partial charge >= 0.3 is 0 Å². The van der Waals surface area contributed by atoms with Crippen molar-refractivity contribution in [3.05, 3.63) is 0 Å². The summed E-state index contributed by atoms with van der Waals surface area (Å²) in [5.41, 5.74) is -0.612. The molecule has 0 aromatic rings. The van der Waals surface area contributed by atoms with Crippen molar-refractivity contribution in [3.8, 4) is 0 Å². The number of guanidine groups is 1. The van der Waals surface area contributed by atoms with E-state index in [2.05, 4.69) is 17.1 Å². The van der Waals surface area contributed by atoms with Crippen LogP contribution in [0.25, 0.3) is 0 Å². The molecule has 2 saturated heterocycles. The molecule has 3 fully saturated rings. The zero-order valence-electron chi connectivity index (χ0n) is 15.0. The highest BCUT2D eigenvalue weighted by atomic mass is 16.5. The van der Waals surface area contributed by atoms with Crippen molar-refractivity contribution in [3.63, 3.8) is 0 Å². The van der Waals surface area contributed by atoms with Crippen molar-refractivity contribution in [2.75, 3.05) is 39.4 Å². The monoisotopic (exact) mass is 339 g/mol. The van der Waals surface area contributed by atoms with Crippen molar-refractivity contribution in [2.24, 2.45) is 4.99 Å². The van der Waals surface area contributed by atoms with E-state index in [1.807, 2.05) is 0 Å². The third-order valence-electron chi connectivity index (χ3n) is 5.41. The third kappa shape index (κ3) is 4.61. The summed E-state index contributed by atoms with van der Waals surface area (Å²) in [6.07, 6.45) is 7.77. The molecule has 2 aliphatic heterocycles. The number of morpholine rings is 1. The molecule has 3 aliphatic rings. The van der Waals surface area contributed by atoms with Crippen molar-refractivity contribution < 1.29 is 14.6 Å². The van der Waals surface area contributed by atoms with Crippen LogP contribution >= 0.6 is 0 Å². The minimum Gasteiger partial charge on any atom is -0.388 e. The normalized spacial score (nSPS) is 31.2. The molecule has 6 heteroatoms. The summed E-state index contributed by atoms with van der Waals surface area (Å²) in [5.74, 6) is 0.905. The van der Waals surface area contributed by atoms with Gasteiger partial charge in [0.05, 0.1) is 24.9 Å². The van der Waals surface area contributed by atoms with Crippen LogP contribution in [0.2, 0.25) is 0 Å². The van der Waals surface area contributed by atoms with Crippen molar-refractivity contribution in [2.45, 2.75) is 69.7 Å². The number of hydrogen-bond acceptors (Lipinski definition) is 4. The summed E-state index contributed by atoms with van der Waals surface area (Å²) >= 11 is 0. The Hall–Kier alpha value is -0.850. The van der Waals surface area contributed by atoms with Gasteiger partial charge < -0.3 is 24.8 Å². The van der Waals surface area contributed by atoms with E-state index in [4.69, 9.17) is 14.5 Å². The molecule has 2 unspecified atom stereocenters. The lowest BCUT2D eigenvalue weighted by molar-refractivity contribution is -0.0818. The highest BCUT2D eigenvalue weighted by Gasteiger charge is 2.33. The van der Waals surface area contributed by atoms with Crippen LogP contribution in [0.3, 0.4) is 0 Å². The standard InChI is InChI=1S/C18H33N3O3/c1-2-19-17(20-14-18(22)8-4-3-5-9-18)21-10-12-24-16(13-21)15-7-6-11-23-15/h15-16,22H,2-14H2,1H3,(H,19,20). The van der Waals surface area contributed by atoms with Gasteiger partial charge in [0.15, 0.2) is 5.96 Å². The van der Waals surface area contributed by atoms with E-state index in [0.29, 0.717) is 13.2 Å². The van der Waals surface area contributed by atoms with E-state index in [1.165, 1.54) is 6.42 Å². The molecule has 0 amide bonds. The fourth-order valence-corrected chi connectivity index (χ4v) is 4.00. The quantitative estimate of drug-likeness (QED) is 0.601. The van der Waals surface area contributed by atoms with Crippen LogP contribution in [0.1, 0.15) is 51.9 Å². The molecule has 1 aliphatic carbocycles. The summed E-state index contributed by atoms with van der Waals surface area (Å²) in [4.78, 5) is 7.05. The molecule has 1 saturated carbocycles. The number of aliphatic hydroxyl groups is 1. The molecule has 0 radical (unpaired) electrons. The maximum Gasteiger partial charge on any atom is 0.194 e. The van der Waals surface area contributed by atoms with Gasteiger partial charge in [0.25, 0.3) is 0 Å². The summed E-state index contributed by atoms with van der Waals surface area (Å²) < 4.78 is 11.7. The molecule has 138 valence electrons. The Morgan fingerprint density at radius 2 is 1.96 bits per heavy atom. The first-order valence-corrected chi connectivity index (χ1v) is 9.69. The van der Waals surface area contributed by atoms with Gasteiger partial charge in [-0.2, -0.15) is 0 Å². The number of nitrogens with one attached hydrogen (secondary N) is 1. The van der Waals surface area contributed by atoms with Crippen LogP contribution in [-0.4, -0.2) is 73.2 Å². The summed E-state index contributed by atoms with van der Waals surface area (Å²) in [6.45, 7) is 6.63. The first-order chi connectivity index (χ1) is 11.7. The number of ether oxygens (including phenoxy) is 2. The molecule has 0 aromatic carbocycles. The van der Waals surface area contributed by atoms with Crippen LogP contribution in [-0.2, 0) is 9.47 Å². The smallest absolute Gasteiger partial charge is 0.194 e. The largest absolute Gasteiger partial charge is 0.388 e. The van der Waals surface area contributed by atoms with E-state index in [9.17, 15) is 5.11 Å². The zero-order valence-corrected chi connectivity index (χ0v) is 15.0. The highest BCUT2D eigenvalue weighted by molar-refractivity contribution is 5.80. The Morgan fingerprint density at radius 3 is 2.67 bits per heavy atom. The summed E-state index contributed by atoms with van der Waals surface area (Å²) in [6, 6.07) is 0. The molecule has 2 heterocycles. The molecule has 6 nitrogen and oxygen atoms in total. The van der Waals surface area contributed by atoms with Crippen LogP contribution in [0.15, 0.2) is 4.99 Å². The van der Waals surface area contributed by atoms with Gasteiger partial charge in [-0.3, -0.25) is 4.99 Å². The van der Waals surface area contributed by atoms with Gasteiger partial charge in [-0.05, 0) is 32.6 Å². The number of rotatable bonds is 4. The van der Waals surface area contributed by atoms with Gasteiger partial charge in [-0.1, -0.05) is 19.3 Å². The Labute approximate surface area is 145 Å². The van der Waals surface area contributed by atoms with E-state index in [0.717, 1.165) is 70.7 Å². The zero-order chi connectivity index (χ0) is 16.8. The first kappa shape index (κ1) is 18.0. The molecular weight excluding hydrogens is 306 g/mol. The number of hydrogen-bond donors (Lipinski definition) is 2. The van der Waals surface area contributed by atoms with E-state index in [-0.39, 0.29) is 12.2 Å². The predicted molar refractivity (Wildman–Crippen MR) is 94.3 cm³/mol. The lowest BCUT2D eigenvalue weighted by Gasteiger charge is -2.38. The van der Waals surface area contributed by atoms with E-state index in [1.54, 1.807) is 0 Å². The summed E-state index contributed by atoms with van der Waals surface area (Å²) in [7, 11) is 0. The van der Waals surface area contributed by atoms with E-state index >= 15 is 0 Å².